The summed E-state index contributed by atoms with van der Waals surface area (Å²) in [5.74, 6) is 0.756. The van der Waals surface area contributed by atoms with E-state index in [1.807, 2.05) is 24.3 Å². The van der Waals surface area contributed by atoms with Crippen LogP contribution < -0.4 is 10.1 Å². The van der Waals surface area contributed by atoms with Gasteiger partial charge >= 0.3 is 0 Å². The molecule has 2 N–H and O–H groups in total. The third-order valence-corrected chi connectivity index (χ3v) is 3.60. The summed E-state index contributed by atoms with van der Waals surface area (Å²) in [4.78, 5) is 12.3. The van der Waals surface area contributed by atoms with E-state index in [1.54, 1.807) is 7.11 Å². The minimum absolute atomic E-state index is 0.0313. The Morgan fingerprint density at radius 2 is 2.05 bits per heavy atom. The summed E-state index contributed by atoms with van der Waals surface area (Å²) in [5.41, 5.74) is 2.67. The number of ether oxygens (including phenoxy) is 1. The quantitative estimate of drug-likeness (QED) is 0.888. The van der Waals surface area contributed by atoms with Gasteiger partial charge in [0.25, 0.3) is 0 Å². The Morgan fingerprint density at radius 1 is 1.30 bits per heavy atom. The van der Waals surface area contributed by atoms with Crippen LogP contribution >= 0.6 is 0 Å². The predicted molar refractivity (Wildman–Crippen MR) is 73.5 cm³/mol. The van der Waals surface area contributed by atoms with Crippen molar-refractivity contribution in [1.29, 1.82) is 0 Å². The summed E-state index contributed by atoms with van der Waals surface area (Å²) in [5, 5.41) is 13.7. The number of nitrogens with zero attached hydrogens (tertiary/aromatic N) is 2. The molecule has 1 aromatic carbocycles. The number of benzene rings is 1. The fraction of sp³-hybridized carbons (Fsp3) is 0.357. The fourth-order valence-electron chi connectivity index (χ4n) is 2.43. The van der Waals surface area contributed by atoms with Gasteiger partial charge in [0, 0.05) is 18.0 Å². The lowest BCUT2D eigenvalue weighted by Gasteiger charge is -2.19. The number of fused-ring (bicyclic) bond motifs is 1. The first-order chi connectivity index (χ1) is 9.76. The van der Waals surface area contributed by atoms with Gasteiger partial charge in [-0.15, -0.1) is 0 Å². The van der Waals surface area contributed by atoms with Crippen molar-refractivity contribution in [1.82, 2.24) is 15.4 Å². The molecule has 1 heterocycles. The number of aromatic nitrogens is 3. The zero-order valence-electron chi connectivity index (χ0n) is 11.2. The number of anilines is 1. The molecule has 0 aliphatic heterocycles. The van der Waals surface area contributed by atoms with E-state index >= 15 is 0 Å². The second-order valence-electron chi connectivity index (χ2n) is 4.87. The molecule has 3 rings (SSSR count). The van der Waals surface area contributed by atoms with Gasteiger partial charge in [-0.25, -0.2) is 0 Å². The Bertz CT molecular complexity index is 606. The van der Waals surface area contributed by atoms with Crippen LogP contribution in [0, 0.1) is 5.92 Å². The van der Waals surface area contributed by atoms with E-state index < -0.39 is 0 Å². The molecule has 1 aromatic heterocycles. The standard InChI is InChI=1S/C14H16N4O2/c1-20-11-5-3-10(4-6-11)15-14(19)9-2-7-12-13(8-9)17-18-16-12/h3-6,9H,2,7-8H2,1H3,(H,15,19)(H,16,17,18). The predicted octanol–water partition coefficient (Wildman–Crippen LogP) is 1.56. The van der Waals surface area contributed by atoms with Gasteiger partial charge < -0.3 is 10.1 Å². The number of nitrogens with one attached hydrogen (secondary N) is 2. The van der Waals surface area contributed by atoms with Crippen molar-refractivity contribution >= 4 is 11.6 Å². The zero-order chi connectivity index (χ0) is 13.9. The van der Waals surface area contributed by atoms with E-state index in [0.29, 0.717) is 6.42 Å². The Labute approximate surface area is 116 Å². The van der Waals surface area contributed by atoms with Crippen molar-refractivity contribution in [3.05, 3.63) is 35.7 Å². The van der Waals surface area contributed by atoms with Gasteiger partial charge in [-0.1, -0.05) is 0 Å². The number of carbonyl (C=O) groups excluding carboxylic acids is 1. The molecular weight excluding hydrogens is 256 g/mol. The maximum absolute atomic E-state index is 12.3. The number of carbonyl (C=O) groups is 1. The van der Waals surface area contributed by atoms with Crippen LogP contribution in [-0.2, 0) is 17.6 Å². The van der Waals surface area contributed by atoms with Gasteiger partial charge in [0.05, 0.1) is 18.5 Å². The molecule has 104 valence electrons. The van der Waals surface area contributed by atoms with Gasteiger partial charge in [-0.2, -0.15) is 15.4 Å². The normalized spacial score (nSPS) is 17.4. The van der Waals surface area contributed by atoms with E-state index in [0.717, 1.165) is 35.7 Å². The molecule has 1 aliphatic rings. The second kappa shape index (κ2) is 5.32. The van der Waals surface area contributed by atoms with Crippen molar-refractivity contribution in [2.75, 3.05) is 12.4 Å². The Hall–Kier alpha value is -2.37. The van der Waals surface area contributed by atoms with E-state index in [1.165, 1.54) is 0 Å². The number of rotatable bonds is 3. The number of methoxy groups -OCH3 is 1. The summed E-state index contributed by atoms with van der Waals surface area (Å²) in [6, 6.07) is 7.32. The molecule has 1 unspecified atom stereocenters. The SMILES string of the molecule is COc1ccc(NC(=O)C2CCc3n[nH]nc3C2)cc1. The number of H-pyrrole nitrogens is 1. The largest absolute Gasteiger partial charge is 0.497 e. The zero-order valence-corrected chi connectivity index (χ0v) is 11.2. The van der Waals surface area contributed by atoms with Crippen molar-refractivity contribution in [3.8, 4) is 5.75 Å². The molecule has 0 fully saturated rings. The van der Waals surface area contributed by atoms with Gasteiger partial charge in [0.15, 0.2) is 0 Å². The maximum Gasteiger partial charge on any atom is 0.227 e. The first kappa shape index (κ1) is 12.7. The number of amides is 1. The molecule has 0 bridgehead atoms. The van der Waals surface area contributed by atoms with Crippen LogP contribution in [0.15, 0.2) is 24.3 Å². The van der Waals surface area contributed by atoms with Crippen LogP contribution in [0.25, 0.3) is 0 Å². The van der Waals surface area contributed by atoms with Crippen LogP contribution in [0.4, 0.5) is 5.69 Å². The van der Waals surface area contributed by atoms with E-state index in [9.17, 15) is 4.79 Å². The van der Waals surface area contributed by atoms with Crippen molar-refractivity contribution in [2.45, 2.75) is 19.3 Å². The highest BCUT2D eigenvalue weighted by molar-refractivity contribution is 5.92. The Balaban J connectivity index is 1.65. The van der Waals surface area contributed by atoms with Gasteiger partial charge in [0.1, 0.15) is 5.75 Å². The van der Waals surface area contributed by atoms with E-state index in [4.69, 9.17) is 4.74 Å². The number of aromatic amines is 1. The summed E-state index contributed by atoms with van der Waals surface area (Å²) >= 11 is 0. The van der Waals surface area contributed by atoms with Crippen molar-refractivity contribution in [2.24, 2.45) is 5.92 Å². The molecular formula is C14H16N4O2. The number of aryl methyl sites for hydroxylation is 1. The number of hydrogen-bond donors (Lipinski definition) is 2. The lowest BCUT2D eigenvalue weighted by atomic mass is 9.89. The smallest absolute Gasteiger partial charge is 0.227 e. The van der Waals surface area contributed by atoms with Crippen LogP contribution in [0.1, 0.15) is 17.8 Å². The molecule has 1 atom stereocenters. The monoisotopic (exact) mass is 272 g/mol. The van der Waals surface area contributed by atoms with Gasteiger partial charge in [0.2, 0.25) is 5.91 Å². The fourth-order valence-corrected chi connectivity index (χ4v) is 2.43. The van der Waals surface area contributed by atoms with Gasteiger partial charge in [-0.3, -0.25) is 4.79 Å². The highest BCUT2D eigenvalue weighted by Gasteiger charge is 2.27. The molecule has 20 heavy (non-hydrogen) atoms. The summed E-state index contributed by atoms with van der Waals surface area (Å²) in [6.45, 7) is 0. The molecule has 0 saturated carbocycles. The van der Waals surface area contributed by atoms with Crippen LogP contribution in [-0.4, -0.2) is 28.4 Å². The highest BCUT2D eigenvalue weighted by atomic mass is 16.5. The lowest BCUT2D eigenvalue weighted by Crippen LogP contribution is -2.28. The Kier molecular flexibility index (Phi) is 3.37. The number of hydrogen-bond acceptors (Lipinski definition) is 4. The summed E-state index contributed by atoms with van der Waals surface area (Å²) < 4.78 is 5.09. The minimum Gasteiger partial charge on any atom is -0.497 e. The molecule has 1 aliphatic carbocycles. The van der Waals surface area contributed by atoms with Crippen molar-refractivity contribution < 1.29 is 9.53 Å². The second-order valence-corrected chi connectivity index (χ2v) is 4.87. The van der Waals surface area contributed by atoms with Gasteiger partial charge in [-0.05, 0) is 37.1 Å². The third kappa shape index (κ3) is 2.49. The maximum atomic E-state index is 12.3. The topological polar surface area (TPSA) is 79.9 Å². The molecule has 0 spiro atoms. The highest BCUT2D eigenvalue weighted by Crippen LogP contribution is 2.24. The molecule has 6 heteroatoms. The first-order valence-corrected chi connectivity index (χ1v) is 6.59. The Morgan fingerprint density at radius 3 is 2.80 bits per heavy atom. The lowest BCUT2D eigenvalue weighted by molar-refractivity contribution is -0.120. The average Bonchev–Trinajstić information content (AvgIpc) is 2.95. The molecule has 6 nitrogen and oxygen atoms in total. The van der Waals surface area contributed by atoms with Crippen molar-refractivity contribution in [3.63, 3.8) is 0 Å². The molecule has 1 amide bonds. The summed E-state index contributed by atoms with van der Waals surface area (Å²) in [6.07, 6.45) is 2.25. The molecule has 0 radical (unpaired) electrons. The first-order valence-electron chi connectivity index (χ1n) is 6.59. The van der Waals surface area contributed by atoms with E-state index in [-0.39, 0.29) is 11.8 Å². The average molecular weight is 272 g/mol. The molecule has 2 aromatic rings. The van der Waals surface area contributed by atoms with Crippen LogP contribution in [0.3, 0.4) is 0 Å². The summed E-state index contributed by atoms with van der Waals surface area (Å²) in [7, 11) is 1.62. The van der Waals surface area contributed by atoms with Crippen LogP contribution in [0.2, 0.25) is 0 Å². The minimum atomic E-state index is -0.0466. The molecule has 0 saturated heterocycles. The third-order valence-electron chi connectivity index (χ3n) is 3.60. The van der Waals surface area contributed by atoms with E-state index in [2.05, 4.69) is 20.7 Å². The van der Waals surface area contributed by atoms with Crippen LogP contribution in [0.5, 0.6) is 5.75 Å².